The average Bonchev–Trinajstić information content (AvgIpc) is 2.52. The van der Waals surface area contributed by atoms with Crippen LogP contribution in [0.15, 0.2) is 36.7 Å². The second-order valence-electron chi connectivity index (χ2n) is 5.26. The van der Waals surface area contributed by atoms with E-state index in [9.17, 15) is 0 Å². The lowest BCUT2D eigenvalue weighted by Gasteiger charge is -2.36. The molecule has 3 rings (SSSR count). The Morgan fingerprint density at radius 1 is 1.10 bits per heavy atom. The molecule has 0 aliphatic carbocycles. The van der Waals surface area contributed by atoms with Gasteiger partial charge in [-0.15, -0.1) is 0 Å². The molecule has 1 aromatic heterocycles. The lowest BCUT2D eigenvalue weighted by molar-refractivity contribution is 0.723. The van der Waals surface area contributed by atoms with Gasteiger partial charge < -0.3 is 15.1 Å². The molecule has 0 radical (unpaired) electrons. The van der Waals surface area contributed by atoms with E-state index in [1.54, 1.807) is 6.20 Å². The first-order valence-electron chi connectivity index (χ1n) is 7.38. The highest BCUT2D eigenvalue weighted by Gasteiger charge is 2.20. The van der Waals surface area contributed by atoms with Crippen molar-refractivity contribution in [2.45, 2.75) is 13.5 Å². The van der Waals surface area contributed by atoms with Crippen molar-refractivity contribution in [1.82, 2.24) is 9.97 Å². The Hall–Kier alpha value is -2.30. The SMILES string of the molecule is CCNc1cnc(CN2CCN(C)c3ccccc32)cn1. The minimum absolute atomic E-state index is 0.796. The summed E-state index contributed by atoms with van der Waals surface area (Å²) in [6.07, 6.45) is 3.67. The van der Waals surface area contributed by atoms with Crippen molar-refractivity contribution in [2.75, 3.05) is 41.8 Å². The van der Waals surface area contributed by atoms with Crippen LogP contribution in [0.2, 0.25) is 0 Å². The lowest BCUT2D eigenvalue weighted by Crippen LogP contribution is -2.38. The number of nitrogens with zero attached hydrogens (tertiary/aromatic N) is 4. The van der Waals surface area contributed by atoms with Gasteiger partial charge in [-0.2, -0.15) is 0 Å². The molecule has 0 atom stereocenters. The van der Waals surface area contributed by atoms with E-state index in [1.165, 1.54) is 11.4 Å². The number of fused-ring (bicyclic) bond motifs is 1. The topological polar surface area (TPSA) is 44.3 Å². The van der Waals surface area contributed by atoms with Crippen LogP contribution in [-0.4, -0.2) is 36.6 Å². The second kappa shape index (κ2) is 5.99. The fraction of sp³-hybridized carbons (Fsp3) is 0.375. The number of aromatic nitrogens is 2. The van der Waals surface area contributed by atoms with Gasteiger partial charge in [-0.3, -0.25) is 4.98 Å². The van der Waals surface area contributed by atoms with Crippen LogP contribution < -0.4 is 15.1 Å². The molecule has 1 aromatic carbocycles. The van der Waals surface area contributed by atoms with E-state index in [0.29, 0.717) is 0 Å². The predicted molar refractivity (Wildman–Crippen MR) is 87.0 cm³/mol. The van der Waals surface area contributed by atoms with Crippen molar-refractivity contribution in [2.24, 2.45) is 0 Å². The molecule has 0 bridgehead atoms. The Kier molecular flexibility index (Phi) is 3.90. The highest BCUT2D eigenvalue weighted by atomic mass is 15.3. The number of para-hydroxylation sites is 2. The summed E-state index contributed by atoms with van der Waals surface area (Å²) in [5.74, 6) is 0.833. The van der Waals surface area contributed by atoms with E-state index >= 15 is 0 Å². The number of likely N-dealkylation sites (N-methyl/N-ethyl adjacent to an activating group) is 1. The highest BCUT2D eigenvalue weighted by Crippen LogP contribution is 2.32. The normalized spacial score (nSPS) is 14.0. The van der Waals surface area contributed by atoms with Crippen molar-refractivity contribution in [1.29, 1.82) is 0 Å². The molecular weight excluding hydrogens is 262 g/mol. The quantitative estimate of drug-likeness (QED) is 0.933. The number of hydrogen-bond donors (Lipinski definition) is 1. The minimum Gasteiger partial charge on any atom is -0.371 e. The van der Waals surface area contributed by atoms with Gasteiger partial charge in [0.05, 0.1) is 36.0 Å². The molecule has 1 N–H and O–H groups in total. The van der Waals surface area contributed by atoms with Crippen LogP contribution in [0.5, 0.6) is 0 Å². The molecule has 5 heteroatoms. The zero-order chi connectivity index (χ0) is 14.7. The fourth-order valence-corrected chi connectivity index (χ4v) is 2.63. The zero-order valence-corrected chi connectivity index (χ0v) is 12.6. The van der Waals surface area contributed by atoms with Gasteiger partial charge in [-0.1, -0.05) is 12.1 Å². The highest BCUT2D eigenvalue weighted by molar-refractivity contribution is 5.73. The molecule has 0 unspecified atom stereocenters. The Bertz CT molecular complexity index is 596. The molecular formula is C16H21N5. The van der Waals surface area contributed by atoms with Gasteiger partial charge in [0.25, 0.3) is 0 Å². The summed E-state index contributed by atoms with van der Waals surface area (Å²) in [7, 11) is 2.14. The van der Waals surface area contributed by atoms with Gasteiger partial charge in [0, 0.05) is 26.7 Å². The van der Waals surface area contributed by atoms with E-state index in [0.717, 1.165) is 37.7 Å². The van der Waals surface area contributed by atoms with Gasteiger partial charge >= 0.3 is 0 Å². The van der Waals surface area contributed by atoms with Crippen LogP contribution in [0.1, 0.15) is 12.6 Å². The third kappa shape index (κ3) is 2.91. The first kappa shape index (κ1) is 13.7. The summed E-state index contributed by atoms with van der Waals surface area (Å²) < 4.78 is 0. The summed E-state index contributed by atoms with van der Waals surface area (Å²) in [5.41, 5.74) is 3.54. The van der Waals surface area contributed by atoms with Crippen LogP contribution in [0.25, 0.3) is 0 Å². The smallest absolute Gasteiger partial charge is 0.144 e. The maximum Gasteiger partial charge on any atom is 0.144 e. The van der Waals surface area contributed by atoms with Gasteiger partial charge in [0.2, 0.25) is 0 Å². The summed E-state index contributed by atoms with van der Waals surface area (Å²) in [6.45, 7) is 5.74. The molecule has 0 saturated carbocycles. The molecule has 2 heterocycles. The van der Waals surface area contributed by atoms with Gasteiger partial charge in [-0.25, -0.2) is 4.98 Å². The van der Waals surface area contributed by atoms with E-state index in [4.69, 9.17) is 0 Å². The maximum atomic E-state index is 4.50. The number of rotatable bonds is 4. The zero-order valence-electron chi connectivity index (χ0n) is 12.6. The van der Waals surface area contributed by atoms with Gasteiger partial charge in [-0.05, 0) is 19.1 Å². The molecule has 110 valence electrons. The molecule has 1 aliphatic heterocycles. The van der Waals surface area contributed by atoms with Gasteiger partial charge in [0.1, 0.15) is 5.82 Å². The van der Waals surface area contributed by atoms with Gasteiger partial charge in [0.15, 0.2) is 0 Å². The fourth-order valence-electron chi connectivity index (χ4n) is 2.63. The largest absolute Gasteiger partial charge is 0.371 e. The van der Waals surface area contributed by atoms with Crippen molar-refractivity contribution in [3.05, 3.63) is 42.4 Å². The van der Waals surface area contributed by atoms with Crippen molar-refractivity contribution >= 4 is 17.2 Å². The van der Waals surface area contributed by atoms with Crippen molar-refractivity contribution in [3.8, 4) is 0 Å². The third-order valence-corrected chi connectivity index (χ3v) is 3.76. The molecule has 0 fully saturated rings. The summed E-state index contributed by atoms with van der Waals surface area (Å²) in [4.78, 5) is 13.6. The molecule has 5 nitrogen and oxygen atoms in total. The molecule has 0 saturated heterocycles. The summed E-state index contributed by atoms with van der Waals surface area (Å²) >= 11 is 0. The van der Waals surface area contributed by atoms with E-state index in [-0.39, 0.29) is 0 Å². The lowest BCUT2D eigenvalue weighted by atomic mass is 10.1. The van der Waals surface area contributed by atoms with Crippen LogP contribution >= 0.6 is 0 Å². The average molecular weight is 283 g/mol. The Morgan fingerprint density at radius 3 is 2.62 bits per heavy atom. The van der Waals surface area contributed by atoms with Crippen LogP contribution in [-0.2, 0) is 6.54 Å². The van der Waals surface area contributed by atoms with Crippen LogP contribution in [0, 0.1) is 0 Å². The van der Waals surface area contributed by atoms with E-state index < -0.39 is 0 Å². The molecule has 21 heavy (non-hydrogen) atoms. The molecule has 1 aliphatic rings. The molecule has 0 amide bonds. The number of anilines is 3. The summed E-state index contributed by atoms with van der Waals surface area (Å²) in [5, 5.41) is 3.17. The Morgan fingerprint density at radius 2 is 1.90 bits per heavy atom. The Labute approximate surface area is 125 Å². The van der Waals surface area contributed by atoms with Crippen LogP contribution in [0.4, 0.5) is 17.2 Å². The monoisotopic (exact) mass is 283 g/mol. The standard InChI is InChI=1S/C16H21N5/c1-3-17-16-11-18-13(10-19-16)12-21-9-8-20(2)14-6-4-5-7-15(14)21/h4-7,10-11H,3,8-9,12H2,1-2H3,(H,17,19). The van der Waals surface area contributed by atoms with Crippen LogP contribution in [0.3, 0.4) is 0 Å². The molecule has 0 spiro atoms. The number of benzene rings is 1. The maximum absolute atomic E-state index is 4.50. The number of nitrogens with one attached hydrogen (secondary N) is 1. The first-order valence-corrected chi connectivity index (χ1v) is 7.38. The van der Waals surface area contributed by atoms with Crippen molar-refractivity contribution < 1.29 is 0 Å². The Balaban J connectivity index is 1.78. The van der Waals surface area contributed by atoms with E-state index in [2.05, 4.69) is 63.3 Å². The number of hydrogen-bond acceptors (Lipinski definition) is 5. The first-order chi connectivity index (χ1) is 10.3. The van der Waals surface area contributed by atoms with Crippen molar-refractivity contribution in [3.63, 3.8) is 0 Å². The second-order valence-corrected chi connectivity index (χ2v) is 5.26. The third-order valence-electron chi connectivity index (χ3n) is 3.76. The summed E-state index contributed by atoms with van der Waals surface area (Å²) in [6, 6.07) is 8.52. The van der Waals surface area contributed by atoms with E-state index in [1.807, 2.05) is 6.20 Å². The molecule has 2 aromatic rings. The minimum atomic E-state index is 0.796. The predicted octanol–water partition coefficient (Wildman–Crippen LogP) is 2.36.